The summed E-state index contributed by atoms with van der Waals surface area (Å²) in [7, 11) is 0. The Morgan fingerprint density at radius 1 is 1.29 bits per heavy atom. The molecule has 1 aromatic rings. The number of aromatic nitrogens is 1. The number of halogens is 1. The van der Waals surface area contributed by atoms with Crippen LogP contribution in [0.4, 0.5) is 0 Å². The monoisotopic (exact) mass is 298 g/mol. The van der Waals surface area contributed by atoms with Crippen molar-refractivity contribution in [2.45, 2.75) is 46.1 Å². The van der Waals surface area contributed by atoms with Crippen molar-refractivity contribution >= 4 is 15.9 Å². The molecule has 96 valence electrons. The van der Waals surface area contributed by atoms with E-state index in [4.69, 9.17) is 0 Å². The molecular weight excluding hydrogens is 276 g/mol. The van der Waals surface area contributed by atoms with Crippen LogP contribution < -0.4 is 5.32 Å². The van der Waals surface area contributed by atoms with Crippen LogP contribution in [0.5, 0.6) is 0 Å². The average Bonchev–Trinajstić information content (AvgIpc) is 2.26. The fourth-order valence-corrected chi connectivity index (χ4v) is 2.36. The molecule has 0 amide bonds. The minimum Gasteiger partial charge on any atom is -0.314 e. The Bertz CT molecular complexity index is 326. The molecular formula is C14H23BrN2. The Labute approximate surface area is 113 Å². The Morgan fingerprint density at radius 3 is 2.65 bits per heavy atom. The molecule has 1 aromatic heterocycles. The molecule has 1 rings (SSSR count). The van der Waals surface area contributed by atoms with Gasteiger partial charge in [-0.05, 0) is 59.3 Å². The second-order valence-corrected chi connectivity index (χ2v) is 5.86. The van der Waals surface area contributed by atoms with Crippen LogP contribution in [-0.4, -0.2) is 17.6 Å². The molecule has 0 bridgehead atoms. The summed E-state index contributed by atoms with van der Waals surface area (Å²) in [6, 6.07) is 2.73. The maximum atomic E-state index is 4.22. The van der Waals surface area contributed by atoms with Gasteiger partial charge < -0.3 is 5.32 Å². The fourth-order valence-electron chi connectivity index (χ4n) is 1.95. The Balaban J connectivity index is 2.53. The number of nitrogens with one attached hydrogen (secondary N) is 1. The first kappa shape index (κ1) is 14.7. The van der Waals surface area contributed by atoms with Gasteiger partial charge >= 0.3 is 0 Å². The van der Waals surface area contributed by atoms with Crippen molar-refractivity contribution in [2.75, 3.05) is 6.54 Å². The molecule has 1 unspecified atom stereocenters. The van der Waals surface area contributed by atoms with Crippen molar-refractivity contribution in [1.29, 1.82) is 0 Å². The van der Waals surface area contributed by atoms with Crippen molar-refractivity contribution in [3.8, 4) is 0 Å². The van der Waals surface area contributed by atoms with Gasteiger partial charge in [0.1, 0.15) is 0 Å². The molecule has 0 aliphatic rings. The second-order valence-electron chi connectivity index (χ2n) is 4.94. The first-order chi connectivity index (χ1) is 8.11. The van der Waals surface area contributed by atoms with E-state index in [-0.39, 0.29) is 0 Å². The molecule has 17 heavy (non-hydrogen) atoms. The highest BCUT2D eigenvalue weighted by atomic mass is 79.9. The number of rotatable bonds is 7. The van der Waals surface area contributed by atoms with Crippen molar-refractivity contribution in [1.82, 2.24) is 10.3 Å². The van der Waals surface area contributed by atoms with Crippen LogP contribution in [-0.2, 0) is 6.42 Å². The molecule has 1 N–H and O–H groups in total. The highest BCUT2D eigenvalue weighted by Gasteiger charge is 2.09. The van der Waals surface area contributed by atoms with E-state index in [0.717, 1.165) is 23.4 Å². The summed E-state index contributed by atoms with van der Waals surface area (Å²) in [5.41, 5.74) is 1.30. The van der Waals surface area contributed by atoms with E-state index in [0.29, 0.717) is 6.04 Å². The lowest BCUT2D eigenvalue weighted by Gasteiger charge is -2.19. The van der Waals surface area contributed by atoms with Crippen LogP contribution in [0.1, 0.15) is 39.2 Å². The first-order valence-electron chi connectivity index (χ1n) is 6.44. The predicted octanol–water partition coefficient (Wildman–Crippen LogP) is 3.80. The first-order valence-corrected chi connectivity index (χ1v) is 7.24. The van der Waals surface area contributed by atoms with Gasteiger partial charge in [-0.2, -0.15) is 0 Å². The number of pyridine rings is 1. The van der Waals surface area contributed by atoms with Gasteiger partial charge in [0, 0.05) is 22.9 Å². The van der Waals surface area contributed by atoms with Crippen LogP contribution in [0.3, 0.4) is 0 Å². The highest BCUT2D eigenvalue weighted by Crippen LogP contribution is 2.14. The van der Waals surface area contributed by atoms with Gasteiger partial charge in [-0.15, -0.1) is 0 Å². The largest absolute Gasteiger partial charge is 0.314 e. The smallest absolute Gasteiger partial charge is 0.0410 e. The minimum atomic E-state index is 0.568. The minimum absolute atomic E-state index is 0.568. The summed E-state index contributed by atoms with van der Waals surface area (Å²) < 4.78 is 1.06. The Hall–Kier alpha value is -0.410. The number of likely N-dealkylation sites (N-methyl/N-ethyl adjacent to an activating group) is 1. The topological polar surface area (TPSA) is 24.9 Å². The van der Waals surface area contributed by atoms with Crippen molar-refractivity contribution in [2.24, 2.45) is 5.92 Å². The molecule has 0 aliphatic carbocycles. The third kappa shape index (κ3) is 6.18. The molecule has 1 heterocycles. The van der Waals surface area contributed by atoms with Crippen LogP contribution in [0.2, 0.25) is 0 Å². The second kappa shape index (κ2) is 7.83. The fraction of sp³-hybridized carbons (Fsp3) is 0.643. The number of hydrogen-bond donors (Lipinski definition) is 1. The molecule has 2 nitrogen and oxygen atoms in total. The van der Waals surface area contributed by atoms with E-state index in [2.05, 4.69) is 53.1 Å². The summed E-state index contributed by atoms with van der Waals surface area (Å²) in [6.45, 7) is 7.76. The van der Waals surface area contributed by atoms with Crippen molar-refractivity contribution in [3.05, 3.63) is 28.5 Å². The maximum absolute atomic E-state index is 4.22. The van der Waals surface area contributed by atoms with Crippen LogP contribution in [0, 0.1) is 5.92 Å². The highest BCUT2D eigenvalue weighted by molar-refractivity contribution is 9.10. The SMILES string of the molecule is CCNC(CCC(C)C)Cc1cncc(Br)c1. The third-order valence-corrected chi connectivity index (χ3v) is 3.26. The van der Waals surface area contributed by atoms with Gasteiger partial charge in [0.25, 0.3) is 0 Å². The van der Waals surface area contributed by atoms with E-state index in [9.17, 15) is 0 Å². The van der Waals surface area contributed by atoms with Gasteiger partial charge in [0.2, 0.25) is 0 Å². The van der Waals surface area contributed by atoms with Crippen LogP contribution in [0.25, 0.3) is 0 Å². The predicted molar refractivity (Wildman–Crippen MR) is 77.2 cm³/mol. The summed E-state index contributed by atoms with van der Waals surface area (Å²) in [5, 5.41) is 3.56. The molecule has 0 aliphatic heterocycles. The van der Waals surface area contributed by atoms with Crippen LogP contribution >= 0.6 is 15.9 Å². The molecule has 0 fully saturated rings. The van der Waals surface area contributed by atoms with Crippen molar-refractivity contribution < 1.29 is 0 Å². The zero-order valence-corrected chi connectivity index (χ0v) is 12.6. The molecule has 0 saturated heterocycles. The van der Waals surface area contributed by atoms with Crippen molar-refractivity contribution in [3.63, 3.8) is 0 Å². The lowest BCUT2D eigenvalue weighted by atomic mass is 9.98. The van der Waals surface area contributed by atoms with E-state index in [1.54, 1.807) is 0 Å². The molecule has 0 saturated carbocycles. The zero-order chi connectivity index (χ0) is 12.7. The lowest BCUT2D eigenvalue weighted by Crippen LogP contribution is -2.31. The van der Waals surface area contributed by atoms with Gasteiger partial charge in [-0.1, -0.05) is 20.8 Å². The Morgan fingerprint density at radius 2 is 2.06 bits per heavy atom. The van der Waals surface area contributed by atoms with Gasteiger partial charge in [-0.3, -0.25) is 4.98 Å². The number of hydrogen-bond acceptors (Lipinski definition) is 2. The van der Waals surface area contributed by atoms with Gasteiger partial charge in [0.05, 0.1) is 0 Å². The van der Waals surface area contributed by atoms with E-state index < -0.39 is 0 Å². The normalized spacial score (nSPS) is 13.0. The standard InChI is InChI=1S/C14H23BrN2/c1-4-17-14(6-5-11(2)3)8-12-7-13(15)10-16-9-12/h7,9-11,14,17H,4-6,8H2,1-3H3. The third-order valence-electron chi connectivity index (χ3n) is 2.83. The molecule has 0 radical (unpaired) electrons. The van der Waals surface area contributed by atoms with Gasteiger partial charge in [0.15, 0.2) is 0 Å². The summed E-state index contributed by atoms with van der Waals surface area (Å²) in [5.74, 6) is 0.775. The van der Waals surface area contributed by atoms with Crippen LogP contribution in [0.15, 0.2) is 22.9 Å². The van der Waals surface area contributed by atoms with E-state index >= 15 is 0 Å². The van der Waals surface area contributed by atoms with Gasteiger partial charge in [-0.25, -0.2) is 0 Å². The maximum Gasteiger partial charge on any atom is 0.0410 e. The van der Waals surface area contributed by atoms with E-state index in [1.807, 2.05) is 12.4 Å². The Kier molecular flexibility index (Phi) is 6.75. The van der Waals surface area contributed by atoms with E-state index in [1.165, 1.54) is 18.4 Å². The lowest BCUT2D eigenvalue weighted by molar-refractivity contribution is 0.434. The zero-order valence-electron chi connectivity index (χ0n) is 11.0. The number of nitrogens with zero attached hydrogens (tertiary/aromatic N) is 1. The molecule has 3 heteroatoms. The molecule has 0 spiro atoms. The summed E-state index contributed by atoms with van der Waals surface area (Å²) in [4.78, 5) is 4.22. The quantitative estimate of drug-likeness (QED) is 0.828. The molecule has 1 atom stereocenters. The summed E-state index contributed by atoms with van der Waals surface area (Å²) in [6.07, 6.45) is 7.37. The molecule has 0 aromatic carbocycles. The summed E-state index contributed by atoms with van der Waals surface area (Å²) >= 11 is 3.47. The average molecular weight is 299 g/mol.